The summed E-state index contributed by atoms with van der Waals surface area (Å²) in [4.78, 5) is 24.6. The summed E-state index contributed by atoms with van der Waals surface area (Å²) in [6.07, 6.45) is -3.65. The van der Waals surface area contributed by atoms with Crippen LogP contribution in [0.4, 0.5) is 13.2 Å². The summed E-state index contributed by atoms with van der Waals surface area (Å²) in [5.41, 5.74) is -1.11. The highest BCUT2D eigenvalue weighted by Gasteiger charge is 2.33. The molecule has 8 heteroatoms. The van der Waals surface area contributed by atoms with E-state index in [0.29, 0.717) is 26.1 Å². The van der Waals surface area contributed by atoms with Gasteiger partial charge in [0.2, 0.25) is 0 Å². The molecule has 1 amide bonds. The Morgan fingerprint density at radius 1 is 1.26 bits per heavy atom. The van der Waals surface area contributed by atoms with E-state index in [1.165, 1.54) is 6.07 Å². The van der Waals surface area contributed by atoms with Gasteiger partial charge in [-0.1, -0.05) is 6.07 Å². The lowest BCUT2D eigenvalue weighted by Gasteiger charge is -2.33. The highest BCUT2D eigenvalue weighted by Crippen LogP contribution is 2.30. The predicted molar refractivity (Wildman–Crippen MR) is 74.0 cm³/mol. The van der Waals surface area contributed by atoms with Crippen molar-refractivity contribution in [1.29, 1.82) is 0 Å². The number of carbonyl (C=O) groups is 2. The number of hydrogen-bond acceptors (Lipinski definition) is 3. The Balaban J connectivity index is 2.27. The second kappa shape index (κ2) is 6.99. The molecule has 1 fully saturated rings. The fourth-order valence-electron chi connectivity index (χ4n) is 2.50. The average Bonchev–Trinajstić information content (AvgIpc) is 2.52. The van der Waals surface area contributed by atoms with Crippen LogP contribution in [0.15, 0.2) is 24.3 Å². The SMILES string of the molecule is O=C(O)CN(C(=O)c1cccc(C(F)(F)F)c1)C1CCOCC1. The van der Waals surface area contributed by atoms with Crippen molar-refractivity contribution in [1.82, 2.24) is 4.90 Å². The Morgan fingerprint density at radius 3 is 2.48 bits per heavy atom. The van der Waals surface area contributed by atoms with E-state index in [4.69, 9.17) is 9.84 Å². The number of nitrogens with zero attached hydrogens (tertiary/aromatic N) is 1. The van der Waals surface area contributed by atoms with Crippen LogP contribution >= 0.6 is 0 Å². The smallest absolute Gasteiger partial charge is 0.416 e. The summed E-state index contributed by atoms with van der Waals surface area (Å²) in [7, 11) is 0. The molecule has 0 saturated carbocycles. The van der Waals surface area contributed by atoms with E-state index in [1.54, 1.807) is 0 Å². The number of aliphatic carboxylic acids is 1. The molecular weight excluding hydrogens is 315 g/mol. The first-order chi connectivity index (χ1) is 10.8. The fraction of sp³-hybridized carbons (Fsp3) is 0.467. The molecule has 1 aromatic carbocycles. The van der Waals surface area contributed by atoms with Crippen LogP contribution in [0, 0.1) is 0 Å². The summed E-state index contributed by atoms with van der Waals surface area (Å²) in [6, 6.07) is 3.65. The van der Waals surface area contributed by atoms with Crippen LogP contribution < -0.4 is 0 Å². The number of rotatable bonds is 4. The van der Waals surface area contributed by atoms with Crippen molar-refractivity contribution in [2.24, 2.45) is 0 Å². The van der Waals surface area contributed by atoms with E-state index < -0.39 is 30.2 Å². The largest absolute Gasteiger partial charge is 0.480 e. The molecule has 0 aliphatic carbocycles. The third-order valence-corrected chi connectivity index (χ3v) is 3.63. The topological polar surface area (TPSA) is 66.8 Å². The van der Waals surface area contributed by atoms with Crippen molar-refractivity contribution in [2.75, 3.05) is 19.8 Å². The molecule has 1 heterocycles. The summed E-state index contributed by atoms with van der Waals surface area (Å²) >= 11 is 0. The van der Waals surface area contributed by atoms with Gasteiger partial charge in [-0.25, -0.2) is 0 Å². The third-order valence-electron chi connectivity index (χ3n) is 3.63. The number of carboxylic acids is 1. The van der Waals surface area contributed by atoms with Crippen LogP contribution in [0.1, 0.15) is 28.8 Å². The molecular formula is C15H16F3NO4. The van der Waals surface area contributed by atoms with Crippen LogP contribution in [0.5, 0.6) is 0 Å². The molecule has 1 N–H and O–H groups in total. The van der Waals surface area contributed by atoms with E-state index in [9.17, 15) is 22.8 Å². The maximum absolute atomic E-state index is 12.8. The van der Waals surface area contributed by atoms with Gasteiger partial charge in [0.1, 0.15) is 6.54 Å². The minimum atomic E-state index is -4.56. The van der Waals surface area contributed by atoms with Crippen molar-refractivity contribution in [3.05, 3.63) is 35.4 Å². The number of benzene rings is 1. The number of carboxylic acid groups (broad SMARTS) is 1. The number of amides is 1. The Morgan fingerprint density at radius 2 is 1.91 bits per heavy atom. The highest BCUT2D eigenvalue weighted by molar-refractivity contribution is 5.96. The maximum atomic E-state index is 12.8. The van der Waals surface area contributed by atoms with E-state index >= 15 is 0 Å². The molecule has 2 rings (SSSR count). The lowest BCUT2D eigenvalue weighted by atomic mass is 10.0. The molecule has 0 aromatic heterocycles. The van der Waals surface area contributed by atoms with Gasteiger partial charge >= 0.3 is 12.1 Å². The zero-order valence-corrected chi connectivity index (χ0v) is 12.2. The van der Waals surface area contributed by atoms with Crippen molar-refractivity contribution in [3.63, 3.8) is 0 Å². The van der Waals surface area contributed by atoms with Crippen LogP contribution in [0.2, 0.25) is 0 Å². The summed E-state index contributed by atoms with van der Waals surface area (Å²) in [5.74, 6) is -1.93. The van der Waals surface area contributed by atoms with Crippen LogP contribution in [0.25, 0.3) is 0 Å². The van der Waals surface area contributed by atoms with Crippen molar-refractivity contribution in [2.45, 2.75) is 25.1 Å². The molecule has 5 nitrogen and oxygen atoms in total. The van der Waals surface area contributed by atoms with E-state index in [-0.39, 0.29) is 11.6 Å². The van der Waals surface area contributed by atoms with Gasteiger partial charge in [0.15, 0.2) is 0 Å². The maximum Gasteiger partial charge on any atom is 0.416 e. The number of halogens is 3. The second-order valence-electron chi connectivity index (χ2n) is 5.25. The number of alkyl halides is 3. The minimum absolute atomic E-state index is 0.174. The first kappa shape index (κ1) is 17.3. The fourth-order valence-corrected chi connectivity index (χ4v) is 2.50. The Bertz CT molecular complexity index is 582. The normalized spacial score (nSPS) is 16.1. The van der Waals surface area contributed by atoms with Gasteiger partial charge in [0, 0.05) is 24.8 Å². The summed E-state index contributed by atoms with van der Waals surface area (Å²) in [6.45, 7) is 0.215. The van der Waals surface area contributed by atoms with Crippen molar-refractivity contribution in [3.8, 4) is 0 Å². The molecule has 0 unspecified atom stereocenters. The van der Waals surface area contributed by atoms with Crippen molar-refractivity contribution < 1.29 is 32.6 Å². The standard InChI is InChI=1S/C15H16F3NO4/c16-15(17,18)11-3-1-2-10(8-11)14(22)19(9-13(20)21)12-4-6-23-7-5-12/h1-3,8,12H,4-7,9H2,(H,20,21). The second-order valence-corrected chi connectivity index (χ2v) is 5.25. The molecule has 0 spiro atoms. The molecule has 0 atom stereocenters. The summed E-state index contributed by atoms with van der Waals surface area (Å²) < 4.78 is 43.5. The Hall–Kier alpha value is -2.09. The zero-order valence-electron chi connectivity index (χ0n) is 12.2. The molecule has 1 saturated heterocycles. The van der Waals surface area contributed by atoms with Gasteiger partial charge in [-0.15, -0.1) is 0 Å². The third kappa shape index (κ3) is 4.44. The Labute approximate surface area is 130 Å². The molecule has 1 aliphatic heterocycles. The van der Waals surface area contributed by atoms with Gasteiger partial charge in [0.25, 0.3) is 5.91 Å². The van der Waals surface area contributed by atoms with Gasteiger partial charge in [-0.2, -0.15) is 13.2 Å². The van der Waals surface area contributed by atoms with E-state index in [0.717, 1.165) is 23.1 Å². The van der Waals surface area contributed by atoms with Crippen LogP contribution in [-0.4, -0.2) is 47.7 Å². The summed E-state index contributed by atoms with van der Waals surface area (Å²) in [5, 5.41) is 8.99. The molecule has 126 valence electrons. The zero-order chi connectivity index (χ0) is 17.0. The van der Waals surface area contributed by atoms with E-state index in [2.05, 4.69) is 0 Å². The number of carbonyl (C=O) groups excluding carboxylic acids is 1. The highest BCUT2D eigenvalue weighted by atomic mass is 19.4. The van der Waals surface area contributed by atoms with Gasteiger partial charge < -0.3 is 14.7 Å². The monoisotopic (exact) mass is 331 g/mol. The first-order valence-electron chi connectivity index (χ1n) is 7.07. The lowest BCUT2D eigenvalue weighted by molar-refractivity contribution is -0.139. The van der Waals surface area contributed by atoms with Crippen molar-refractivity contribution >= 4 is 11.9 Å². The number of ether oxygens (including phenoxy) is 1. The number of hydrogen-bond donors (Lipinski definition) is 1. The van der Waals surface area contributed by atoms with E-state index in [1.807, 2.05) is 0 Å². The van der Waals surface area contributed by atoms with Gasteiger partial charge in [-0.05, 0) is 31.0 Å². The van der Waals surface area contributed by atoms with Crippen LogP contribution in [-0.2, 0) is 15.7 Å². The molecule has 0 radical (unpaired) electrons. The lowest BCUT2D eigenvalue weighted by Crippen LogP contribution is -2.46. The van der Waals surface area contributed by atoms with Gasteiger partial charge in [0.05, 0.1) is 5.56 Å². The predicted octanol–water partition coefficient (Wildman–Crippen LogP) is 2.41. The quantitative estimate of drug-likeness (QED) is 0.920. The van der Waals surface area contributed by atoms with Gasteiger partial charge in [-0.3, -0.25) is 9.59 Å². The molecule has 0 bridgehead atoms. The molecule has 1 aromatic rings. The average molecular weight is 331 g/mol. The molecule has 23 heavy (non-hydrogen) atoms. The molecule has 1 aliphatic rings. The first-order valence-corrected chi connectivity index (χ1v) is 7.07. The van der Waals surface area contributed by atoms with Crippen LogP contribution in [0.3, 0.4) is 0 Å². The Kier molecular flexibility index (Phi) is 5.25. The minimum Gasteiger partial charge on any atom is -0.480 e.